The average Bonchev–Trinajstić information content (AvgIpc) is 3.11. The molecule has 39 heavy (non-hydrogen) atoms. The second-order valence-corrected chi connectivity index (χ2v) is 9.85. The van der Waals surface area contributed by atoms with E-state index in [2.05, 4.69) is 4.98 Å². The van der Waals surface area contributed by atoms with E-state index in [0.717, 1.165) is 22.2 Å². The molecule has 2 heterocycles. The van der Waals surface area contributed by atoms with Gasteiger partial charge < -0.3 is 9.64 Å². The number of halogens is 4. The molecule has 6 nitrogen and oxygen atoms in total. The summed E-state index contributed by atoms with van der Waals surface area (Å²) in [6.07, 6.45) is -1.76. The summed E-state index contributed by atoms with van der Waals surface area (Å²) in [5.41, 5.74) is -0.925. The Morgan fingerprint density at radius 3 is 2.51 bits per heavy atom. The van der Waals surface area contributed by atoms with Gasteiger partial charge in [-0.1, -0.05) is 24.3 Å². The number of rotatable bonds is 6. The Morgan fingerprint density at radius 2 is 1.90 bits per heavy atom. The summed E-state index contributed by atoms with van der Waals surface area (Å²) in [4.78, 5) is 19.7. The van der Waals surface area contributed by atoms with Crippen LogP contribution in [-0.4, -0.2) is 28.1 Å². The van der Waals surface area contributed by atoms with Gasteiger partial charge in [-0.2, -0.15) is 18.4 Å². The third-order valence-corrected chi connectivity index (χ3v) is 7.56. The summed E-state index contributed by atoms with van der Waals surface area (Å²) in [6, 6.07) is 14.2. The van der Waals surface area contributed by atoms with E-state index in [-0.39, 0.29) is 28.8 Å². The second kappa shape index (κ2) is 9.93. The van der Waals surface area contributed by atoms with Gasteiger partial charge in [-0.15, -0.1) is 0 Å². The van der Waals surface area contributed by atoms with Crippen LogP contribution in [-0.2, 0) is 17.4 Å². The smallest absolute Gasteiger partial charge is 0.419 e. The van der Waals surface area contributed by atoms with Crippen molar-refractivity contribution in [1.29, 1.82) is 5.26 Å². The van der Waals surface area contributed by atoms with Crippen molar-refractivity contribution in [3.05, 3.63) is 82.9 Å². The molecule has 1 aliphatic carbocycles. The van der Waals surface area contributed by atoms with Crippen molar-refractivity contribution >= 4 is 34.6 Å². The standard InChI is InChI=1S/C28H22F4N4O2S/c1-17-5-2-3-6-18(17)9-12-38-24-8-7-19(14-22(24)29)36-26(39)35(25(37)27(36)10-4-11-27)20-13-21(28(30,31)32)23(15-33)34-16-20/h2-3,5-8,13-14,16H,4,9-12H2,1H3. The first kappa shape index (κ1) is 26.6. The lowest BCUT2D eigenvalue weighted by molar-refractivity contribution is -0.138. The van der Waals surface area contributed by atoms with Crippen molar-refractivity contribution in [2.45, 2.75) is 44.3 Å². The van der Waals surface area contributed by atoms with Gasteiger partial charge in [0.05, 0.1) is 24.1 Å². The van der Waals surface area contributed by atoms with E-state index in [1.807, 2.05) is 31.2 Å². The highest BCUT2D eigenvalue weighted by Crippen LogP contribution is 2.48. The predicted octanol–water partition coefficient (Wildman–Crippen LogP) is 6.10. The topological polar surface area (TPSA) is 69.5 Å². The fourth-order valence-electron chi connectivity index (χ4n) is 5.00. The Hall–Kier alpha value is -4.04. The number of anilines is 2. The molecule has 5 rings (SSSR count). The van der Waals surface area contributed by atoms with Crippen LogP contribution in [0, 0.1) is 24.1 Å². The number of aromatic nitrogens is 1. The van der Waals surface area contributed by atoms with Crippen LogP contribution in [0.3, 0.4) is 0 Å². The second-order valence-electron chi connectivity index (χ2n) is 9.48. The molecule has 1 saturated carbocycles. The highest BCUT2D eigenvalue weighted by molar-refractivity contribution is 7.81. The Labute approximate surface area is 227 Å². The van der Waals surface area contributed by atoms with E-state index in [9.17, 15) is 18.0 Å². The summed E-state index contributed by atoms with van der Waals surface area (Å²) in [7, 11) is 0. The van der Waals surface area contributed by atoms with E-state index < -0.39 is 34.7 Å². The number of alkyl halides is 3. The fourth-order valence-corrected chi connectivity index (χ4v) is 5.47. The van der Waals surface area contributed by atoms with Gasteiger partial charge in [0, 0.05) is 18.2 Å². The van der Waals surface area contributed by atoms with Crippen molar-refractivity contribution in [1.82, 2.24) is 4.98 Å². The van der Waals surface area contributed by atoms with Crippen molar-refractivity contribution in [3.63, 3.8) is 0 Å². The lowest BCUT2D eigenvalue weighted by atomic mass is 9.75. The number of thiocarbonyl (C=S) groups is 1. The van der Waals surface area contributed by atoms with E-state index in [0.29, 0.717) is 31.7 Å². The number of hydrogen-bond donors (Lipinski definition) is 0. The lowest BCUT2D eigenvalue weighted by Crippen LogP contribution is -2.55. The molecule has 200 valence electrons. The van der Waals surface area contributed by atoms with Crippen LogP contribution in [0.25, 0.3) is 0 Å². The van der Waals surface area contributed by atoms with Crippen LogP contribution >= 0.6 is 12.2 Å². The molecule has 0 atom stereocenters. The first-order valence-electron chi connectivity index (χ1n) is 12.2. The molecule has 0 unspecified atom stereocenters. The minimum Gasteiger partial charge on any atom is -0.490 e. The zero-order valence-corrected chi connectivity index (χ0v) is 21.6. The highest BCUT2D eigenvalue weighted by Gasteiger charge is 2.59. The van der Waals surface area contributed by atoms with Gasteiger partial charge in [0.25, 0.3) is 5.91 Å². The molecule has 11 heteroatoms. The zero-order chi connectivity index (χ0) is 27.9. The van der Waals surface area contributed by atoms with Crippen LogP contribution in [0.5, 0.6) is 5.75 Å². The van der Waals surface area contributed by atoms with Crippen molar-refractivity contribution in [2.75, 3.05) is 16.4 Å². The monoisotopic (exact) mass is 554 g/mol. The quantitative estimate of drug-likeness (QED) is 0.271. The van der Waals surface area contributed by atoms with E-state index >= 15 is 4.39 Å². The molecule has 1 saturated heterocycles. The molecule has 0 bridgehead atoms. The van der Waals surface area contributed by atoms with Crippen LogP contribution in [0.1, 0.15) is 41.6 Å². The number of nitriles is 1. The van der Waals surface area contributed by atoms with Crippen molar-refractivity contribution in [3.8, 4) is 11.8 Å². The molecule has 1 aliphatic heterocycles. The molecule has 0 N–H and O–H groups in total. The van der Waals surface area contributed by atoms with Crippen LogP contribution in [0.2, 0.25) is 0 Å². The summed E-state index contributed by atoms with van der Waals surface area (Å²) < 4.78 is 61.5. The van der Waals surface area contributed by atoms with E-state index in [1.54, 1.807) is 6.07 Å². The van der Waals surface area contributed by atoms with Gasteiger partial charge in [-0.3, -0.25) is 9.69 Å². The summed E-state index contributed by atoms with van der Waals surface area (Å²) in [5, 5.41) is 8.97. The maximum absolute atomic E-state index is 15.1. The molecule has 1 amide bonds. The number of aryl methyl sites for hydroxylation is 1. The summed E-state index contributed by atoms with van der Waals surface area (Å²) in [5.74, 6) is -1.13. The number of pyridine rings is 1. The minimum absolute atomic E-state index is 0.0365. The molecule has 3 aromatic rings. The molecular weight excluding hydrogens is 532 g/mol. The fraction of sp³-hybridized carbons (Fsp3) is 0.286. The maximum Gasteiger partial charge on any atom is 0.419 e. The molecule has 1 aromatic heterocycles. The van der Waals surface area contributed by atoms with Crippen molar-refractivity contribution in [2.24, 2.45) is 0 Å². The zero-order valence-electron chi connectivity index (χ0n) is 20.8. The third-order valence-electron chi connectivity index (χ3n) is 7.20. The first-order chi connectivity index (χ1) is 18.6. The number of benzene rings is 2. The molecule has 2 fully saturated rings. The van der Waals surface area contributed by atoms with Gasteiger partial charge in [0.2, 0.25) is 0 Å². The van der Waals surface area contributed by atoms with Crippen LogP contribution < -0.4 is 14.5 Å². The van der Waals surface area contributed by atoms with Gasteiger partial charge in [0.1, 0.15) is 11.6 Å². The Morgan fingerprint density at radius 1 is 1.15 bits per heavy atom. The van der Waals surface area contributed by atoms with E-state index in [4.69, 9.17) is 22.2 Å². The van der Waals surface area contributed by atoms with Crippen molar-refractivity contribution < 1.29 is 27.1 Å². The molecule has 2 aromatic carbocycles. The Kier molecular flexibility index (Phi) is 6.76. The van der Waals surface area contributed by atoms with Gasteiger partial charge in [-0.05, 0) is 67.7 Å². The van der Waals surface area contributed by atoms with Gasteiger partial charge >= 0.3 is 6.18 Å². The number of carbonyl (C=O) groups excluding carboxylic acids is 1. The third kappa shape index (κ3) is 4.59. The lowest BCUT2D eigenvalue weighted by Gasteiger charge is -2.43. The number of hydrogen-bond acceptors (Lipinski definition) is 5. The predicted molar refractivity (Wildman–Crippen MR) is 140 cm³/mol. The number of ether oxygens (including phenoxy) is 1. The van der Waals surface area contributed by atoms with Crippen LogP contribution in [0.4, 0.5) is 28.9 Å². The molecule has 2 aliphatic rings. The first-order valence-corrected chi connectivity index (χ1v) is 12.6. The average molecular weight is 555 g/mol. The normalized spacial score (nSPS) is 16.4. The van der Waals surface area contributed by atoms with Crippen LogP contribution in [0.15, 0.2) is 54.7 Å². The highest BCUT2D eigenvalue weighted by atomic mass is 32.1. The number of amides is 1. The van der Waals surface area contributed by atoms with Gasteiger partial charge in [0.15, 0.2) is 22.4 Å². The Balaban J connectivity index is 1.42. The number of carbonyl (C=O) groups is 1. The number of nitrogens with zero attached hydrogens (tertiary/aromatic N) is 4. The largest absolute Gasteiger partial charge is 0.490 e. The minimum atomic E-state index is -4.86. The Bertz CT molecular complexity index is 1510. The molecular formula is C28H22F4N4O2S. The van der Waals surface area contributed by atoms with Gasteiger partial charge in [-0.25, -0.2) is 9.37 Å². The van der Waals surface area contributed by atoms with E-state index in [1.165, 1.54) is 23.1 Å². The maximum atomic E-state index is 15.1. The SMILES string of the molecule is Cc1ccccc1CCOc1ccc(N2C(=S)N(c3cnc(C#N)c(C(F)(F)F)c3)C(=O)C23CCC3)cc1F. The summed E-state index contributed by atoms with van der Waals surface area (Å²) >= 11 is 5.57. The summed E-state index contributed by atoms with van der Waals surface area (Å²) in [6.45, 7) is 2.25. The molecule has 0 radical (unpaired) electrons. The molecule has 1 spiro atoms.